The number of benzene rings is 1. The maximum Gasteiger partial charge on any atom is 0.125 e. The molecule has 0 fully saturated rings. The number of aromatic nitrogens is 3. The first-order chi connectivity index (χ1) is 9.74. The lowest BCUT2D eigenvalue weighted by molar-refractivity contribution is 0.562. The summed E-state index contributed by atoms with van der Waals surface area (Å²) in [5.74, 6) is 1.22. The first kappa shape index (κ1) is 13.9. The first-order valence-electron chi connectivity index (χ1n) is 6.36. The van der Waals surface area contributed by atoms with E-state index in [0.717, 1.165) is 28.3 Å². The van der Waals surface area contributed by atoms with Gasteiger partial charge in [-0.25, -0.2) is 9.97 Å². The van der Waals surface area contributed by atoms with Gasteiger partial charge >= 0.3 is 0 Å². The van der Waals surface area contributed by atoms with Gasteiger partial charge in [-0.2, -0.15) is 0 Å². The number of hydrogen-bond acceptors (Lipinski definition) is 3. The monoisotopic (exact) mass is 325 g/mol. The van der Waals surface area contributed by atoms with Gasteiger partial charge in [0.1, 0.15) is 10.8 Å². The van der Waals surface area contributed by atoms with Crippen LogP contribution in [0.5, 0.6) is 0 Å². The van der Waals surface area contributed by atoms with E-state index in [9.17, 15) is 0 Å². The largest absolute Gasteiger partial charge is 0.317 e. The number of halogens is 2. The molecule has 3 nitrogen and oxygen atoms in total. The Labute approximate surface area is 131 Å². The van der Waals surface area contributed by atoms with Crippen molar-refractivity contribution in [3.05, 3.63) is 45.6 Å². The van der Waals surface area contributed by atoms with E-state index in [1.165, 1.54) is 0 Å². The third kappa shape index (κ3) is 2.32. The smallest absolute Gasteiger partial charge is 0.125 e. The number of hydrogen-bond donors (Lipinski definition) is 0. The van der Waals surface area contributed by atoms with Crippen LogP contribution in [-0.4, -0.2) is 14.5 Å². The molecule has 3 aromatic rings. The zero-order chi connectivity index (χ0) is 14.1. The molecule has 104 valence electrons. The molecule has 0 saturated heterocycles. The Morgan fingerprint density at radius 2 is 2.25 bits per heavy atom. The van der Waals surface area contributed by atoms with Crippen LogP contribution in [-0.2, 0) is 5.88 Å². The normalized spacial score (nSPS) is 12.9. The molecule has 0 spiro atoms. The average Bonchev–Trinajstić information content (AvgIpc) is 3.08. The highest BCUT2D eigenvalue weighted by Gasteiger charge is 2.21. The lowest BCUT2D eigenvalue weighted by atomic mass is 10.2. The number of imidazole rings is 1. The minimum atomic E-state index is 0.146. The van der Waals surface area contributed by atoms with Crippen molar-refractivity contribution < 1.29 is 0 Å². The summed E-state index contributed by atoms with van der Waals surface area (Å²) in [6, 6.07) is 5.87. The van der Waals surface area contributed by atoms with Crippen LogP contribution in [0.15, 0.2) is 29.8 Å². The number of nitrogens with zero attached hydrogens (tertiary/aromatic N) is 3. The second-order valence-corrected chi connectivity index (χ2v) is 6.09. The van der Waals surface area contributed by atoms with E-state index >= 15 is 0 Å². The van der Waals surface area contributed by atoms with Gasteiger partial charge in [-0.1, -0.05) is 18.5 Å². The zero-order valence-corrected chi connectivity index (χ0v) is 13.2. The van der Waals surface area contributed by atoms with Gasteiger partial charge in [-0.05, 0) is 24.6 Å². The van der Waals surface area contributed by atoms with Crippen molar-refractivity contribution in [2.45, 2.75) is 25.3 Å². The van der Waals surface area contributed by atoms with Crippen LogP contribution >= 0.6 is 34.5 Å². The van der Waals surface area contributed by atoms with Crippen molar-refractivity contribution in [3.8, 4) is 0 Å². The highest BCUT2D eigenvalue weighted by molar-refractivity contribution is 7.09. The third-order valence-corrected chi connectivity index (χ3v) is 4.63. The van der Waals surface area contributed by atoms with E-state index < -0.39 is 0 Å². The van der Waals surface area contributed by atoms with Gasteiger partial charge in [-0.3, -0.25) is 0 Å². The number of fused-ring (bicyclic) bond motifs is 1. The van der Waals surface area contributed by atoms with Gasteiger partial charge in [0.05, 0.1) is 23.0 Å². The Hall–Kier alpha value is -1.10. The van der Waals surface area contributed by atoms with Gasteiger partial charge in [0.2, 0.25) is 0 Å². The van der Waals surface area contributed by atoms with Gasteiger partial charge in [-0.15, -0.1) is 22.9 Å². The summed E-state index contributed by atoms with van der Waals surface area (Å²) in [7, 11) is 0. The van der Waals surface area contributed by atoms with Crippen LogP contribution in [0.25, 0.3) is 11.0 Å². The molecule has 0 bridgehead atoms. The maximum atomic E-state index is 6.13. The number of alkyl halides is 1. The van der Waals surface area contributed by atoms with E-state index in [0.29, 0.717) is 10.9 Å². The maximum absolute atomic E-state index is 6.13. The van der Waals surface area contributed by atoms with Crippen LogP contribution in [0.3, 0.4) is 0 Å². The molecule has 0 aliphatic heterocycles. The topological polar surface area (TPSA) is 30.7 Å². The molecule has 20 heavy (non-hydrogen) atoms. The average molecular weight is 326 g/mol. The Morgan fingerprint density at radius 3 is 2.90 bits per heavy atom. The molecular weight excluding hydrogens is 313 g/mol. The summed E-state index contributed by atoms with van der Waals surface area (Å²) < 4.78 is 2.16. The summed E-state index contributed by atoms with van der Waals surface area (Å²) in [6.07, 6.45) is 2.75. The summed E-state index contributed by atoms with van der Waals surface area (Å²) in [5, 5.41) is 3.76. The van der Waals surface area contributed by atoms with Crippen LogP contribution in [0.1, 0.15) is 30.2 Å². The fourth-order valence-electron chi connectivity index (χ4n) is 2.42. The quantitative estimate of drug-likeness (QED) is 0.640. The second-order valence-electron chi connectivity index (χ2n) is 4.46. The Bertz CT molecular complexity index is 721. The summed E-state index contributed by atoms with van der Waals surface area (Å²) in [6.45, 7) is 2.14. The van der Waals surface area contributed by atoms with Gasteiger partial charge < -0.3 is 4.57 Å². The van der Waals surface area contributed by atoms with Crippen molar-refractivity contribution in [2.75, 3.05) is 0 Å². The highest BCUT2D eigenvalue weighted by atomic mass is 35.5. The summed E-state index contributed by atoms with van der Waals surface area (Å²) in [5.41, 5.74) is 1.93. The predicted molar refractivity (Wildman–Crippen MR) is 84.8 cm³/mol. The van der Waals surface area contributed by atoms with Crippen molar-refractivity contribution in [1.29, 1.82) is 0 Å². The second kappa shape index (κ2) is 5.72. The molecule has 6 heteroatoms. The minimum absolute atomic E-state index is 0.146. The minimum Gasteiger partial charge on any atom is -0.317 e. The van der Waals surface area contributed by atoms with Crippen LogP contribution in [0, 0.1) is 0 Å². The summed E-state index contributed by atoms with van der Waals surface area (Å²) >= 11 is 13.9. The zero-order valence-electron chi connectivity index (χ0n) is 10.9. The highest BCUT2D eigenvalue weighted by Crippen LogP contribution is 2.31. The fraction of sp³-hybridized carbons (Fsp3) is 0.286. The van der Waals surface area contributed by atoms with E-state index in [1.807, 2.05) is 29.8 Å². The Morgan fingerprint density at radius 1 is 1.40 bits per heavy atom. The molecule has 3 rings (SSSR count). The standard InChI is InChI=1S/C14H13Cl2N3S/c1-2-11(14-17-5-6-20-14)19-12-7-9(16)3-4-10(12)18-13(19)8-15/h3-7,11H,2,8H2,1H3. The lowest BCUT2D eigenvalue weighted by Crippen LogP contribution is -2.12. The van der Waals surface area contributed by atoms with E-state index in [2.05, 4.69) is 21.5 Å². The van der Waals surface area contributed by atoms with Crippen molar-refractivity contribution in [2.24, 2.45) is 0 Å². The molecule has 0 radical (unpaired) electrons. The third-order valence-electron chi connectivity index (χ3n) is 3.28. The Kier molecular flexibility index (Phi) is 3.96. The molecule has 0 saturated carbocycles. The molecule has 1 aromatic carbocycles. The first-order valence-corrected chi connectivity index (χ1v) is 8.15. The van der Waals surface area contributed by atoms with Crippen molar-refractivity contribution in [1.82, 2.24) is 14.5 Å². The molecule has 2 aromatic heterocycles. The molecule has 0 aliphatic rings. The van der Waals surface area contributed by atoms with Crippen molar-refractivity contribution >= 4 is 45.6 Å². The summed E-state index contributed by atoms with van der Waals surface area (Å²) in [4.78, 5) is 9.04. The van der Waals surface area contributed by atoms with Gasteiger partial charge in [0, 0.05) is 16.6 Å². The van der Waals surface area contributed by atoms with Crippen LogP contribution in [0.4, 0.5) is 0 Å². The van der Waals surface area contributed by atoms with E-state index in [-0.39, 0.29) is 6.04 Å². The van der Waals surface area contributed by atoms with Crippen LogP contribution in [0.2, 0.25) is 5.02 Å². The molecule has 1 unspecified atom stereocenters. The molecule has 0 aliphatic carbocycles. The fourth-order valence-corrected chi connectivity index (χ4v) is 3.59. The molecular formula is C14H13Cl2N3S. The van der Waals surface area contributed by atoms with E-state index in [4.69, 9.17) is 23.2 Å². The van der Waals surface area contributed by atoms with Gasteiger partial charge in [0.25, 0.3) is 0 Å². The number of rotatable bonds is 4. The number of thiazole rings is 1. The van der Waals surface area contributed by atoms with E-state index in [1.54, 1.807) is 11.3 Å². The SMILES string of the molecule is CCC(c1nccs1)n1c(CCl)nc2ccc(Cl)cc21. The van der Waals surface area contributed by atoms with Crippen molar-refractivity contribution in [3.63, 3.8) is 0 Å². The van der Waals surface area contributed by atoms with Crippen LogP contribution < -0.4 is 0 Å². The molecule has 0 N–H and O–H groups in total. The predicted octanol–water partition coefficient (Wildman–Crippen LogP) is 4.88. The Balaban J connectivity index is 2.24. The molecule has 1 atom stereocenters. The molecule has 0 amide bonds. The molecule has 2 heterocycles. The van der Waals surface area contributed by atoms with Gasteiger partial charge in [0.15, 0.2) is 0 Å². The lowest BCUT2D eigenvalue weighted by Gasteiger charge is -2.17.